The molecule has 3 rings (SSSR count). The molecule has 2 fully saturated rings. The molecule has 2 aliphatic rings. The van der Waals surface area contributed by atoms with Gasteiger partial charge in [0, 0.05) is 26.2 Å². The van der Waals surface area contributed by atoms with Crippen LogP contribution in [0, 0.1) is 0 Å². The van der Waals surface area contributed by atoms with E-state index in [1.807, 2.05) is 0 Å². The largest absolute Gasteiger partial charge is 0.379 e. The maximum Gasteiger partial charge on any atom is 0.188 e. The molecular weight excluding hydrogens is 259 g/mol. The van der Waals surface area contributed by atoms with Crippen molar-refractivity contribution in [3.8, 4) is 0 Å². The topological polar surface area (TPSA) is 24.9 Å². The van der Waals surface area contributed by atoms with Crippen molar-refractivity contribution in [1.82, 2.24) is 9.34 Å². The summed E-state index contributed by atoms with van der Waals surface area (Å²) in [5, 5.41) is 0. The molecule has 0 amide bonds. The molecule has 0 N–H and O–H groups in total. The molecule has 0 aliphatic carbocycles. The number of hydrogen-bond acceptors (Lipinski definition) is 4. The van der Waals surface area contributed by atoms with Crippen molar-refractivity contribution in [2.24, 2.45) is 0 Å². The lowest BCUT2D eigenvalue weighted by atomic mass is 10.2. The molecule has 5 heteroatoms. The fourth-order valence-electron chi connectivity index (χ4n) is 2.48. The van der Waals surface area contributed by atoms with E-state index in [-0.39, 0.29) is 0 Å². The first-order valence-electron chi connectivity index (χ1n) is 6.98. The van der Waals surface area contributed by atoms with E-state index in [1.165, 1.54) is 5.56 Å². The predicted octanol–water partition coefficient (Wildman–Crippen LogP) is 2.47. The van der Waals surface area contributed by atoms with E-state index >= 15 is 0 Å². The van der Waals surface area contributed by atoms with Crippen LogP contribution >= 0.6 is 8.45 Å². The molecule has 1 atom stereocenters. The summed E-state index contributed by atoms with van der Waals surface area (Å²) in [6.07, 6.45) is 1.13. The van der Waals surface area contributed by atoms with Gasteiger partial charge in [-0.1, -0.05) is 30.3 Å². The maximum atomic E-state index is 6.06. The molecule has 2 aliphatic heterocycles. The first-order chi connectivity index (χ1) is 9.43. The molecule has 19 heavy (non-hydrogen) atoms. The maximum absolute atomic E-state index is 6.06. The number of hydrogen-bond donors (Lipinski definition) is 0. The molecule has 1 aromatic carbocycles. The standard InChI is InChI=1S/C14H21N2O2P/c1-2-5-14(6-3-1)13-16-7-4-10-18-19(16)15-8-11-17-12-9-15/h1-3,5-6H,4,7-13H2. The summed E-state index contributed by atoms with van der Waals surface area (Å²) >= 11 is 0. The van der Waals surface area contributed by atoms with Crippen LogP contribution in [0.25, 0.3) is 0 Å². The van der Waals surface area contributed by atoms with Gasteiger partial charge in [0.05, 0.1) is 19.8 Å². The van der Waals surface area contributed by atoms with Crippen molar-refractivity contribution in [3.05, 3.63) is 35.9 Å². The first kappa shape index (κ1) is 13.5. The van der Waals surface area contributed by atoms with E-state index in [9.17, 15) is 0 Å². The molecule has 1 aromatic rings. The number of morpholine rings is 1. The lowest BCUT2D eigenvalue weighted by molar-refractivity contribution is 0.0621. The van der Waals surface area contributed by atoms with Gasteiger partial charge in [-0.05, 0) is 12.0 Å². The lowest BCUT2D eigenvalue weighted by Crippen LogP contribution is -2.39. The third-order valence-electron chi connectivity index (χ3n) is 3.45. The Morgan fingerprint density at radius 3 is 2.58 bits per heavy atom. The van der Waals surface area contributed by atoms with Crippen molar-refractivity contribution in [3.63, 3.8) is 0 Å². The van der Waals surface area contributed by atoms with Crippen molar-refractivity contribution in [1.29, 1.82) is 0 Å². The van der Waals surface area contributed by atoms with Crippen LogP contribution in [0.15, 0.2) is 30.3 Å². The van der Waals surface area contributed by atoms with E-state index in [2.05, 4.69) is 39.7 Å². The zero-order chi connectivity index (χ0) is 12.9. The second-order valence-corrected chi connectivity index (χ2v) is 6.77. The molecule has 2 heterocycles. The predicted molar refractivity (Wildman–Crippen MR) is 76.7 cm³/mol. The van der Waals surface area contributed by atoms with E-state index < -0.39 is 8.45 Å². The van der Waals surface area contributed by atoms with Gasteiger partial charge in [0.15, 0.2) is 8.45 Å². The van der Waals surface area contributed by atoms with Crippen molar-refractivity contribution >= 4 is 8.45 Å². The smallest absolute Gasteiger partial charge is 0.188 e. The van der Waals surface area contributed by atoms with E-state index in [0.29, 0.717) is 0 Å². The van der Waals surface area contributed by atoms with Crippen LogP contribution in [-0.2, 0) is 15.8 Å². The lowest BCUT2D eigenvalue weighted by Gasteiger charge is -2.42. The number of ether oxygens (including phenoxy) is 1. The summed E-state index contributed by atoms with van der Waals surface area (Å²) in [6, 6.07) is 10.7. The summed E-state index contributed by atoms with van der Waals surface area (Å²) in [5.41, 5.74) is 1.37. The van der Waals surface area contributed by atoms with E-state index in [1.54, 1.807) is 0 Å². The van der Waals surface area contributed by atoms with Gasteiger partial charge in [0.25, 0.3) is 0 Å². The Labute approximate surface area is 116 Å². The summed E-state index contributed by atoms with van der Waals surface area (Å²) in [6.45, 7) is 6.69. The van der Waals surface area contributed by atoms with Crippen LogP contribution in [0.1, 0.15) is 12.0 Å². The van der Waals surface area contributed by atoms with Gasteiger partial charge in [0.1, 0.15) is 0 Å². The number of rotatable bonds is 3. The summed E-state index contributed by atoms with van der Waals surface area (Å²) in [7, 11) is -0.590. The minimum atomic E-state index is -0.590. The fourth-order valence-corrected chi connectivity index (χ4v) is 4.56. The first-order valence-corrected chi connectivity index (χ1v) is 8.14. The third-order valence-corrected chi connectivity index (χ3v) is 5.57. The summed E-state index contributed by atoms with van der Waals surface area (Å²) in [4.78, 5) is 0. The Bertz CT molecular complexity index is 384. The van der Waals surface area contributed by atoms with Crippen molar-refractivity contribution in [2.75, 3.05) is 39.5 Å². The van der Waals surface area contributed by atoms with Gasteiger partial charge < -0.3 is 9.26 Å². The van der Waals surface area contributed by atoms with Crippen molar-refractivity contribution < 1.29 is 9.26 Å². The summed E-state index contributed by atoms with van der Waals surface area (Å²) < 4.78 is 16.5. The van der Waals surface area contributed by atoms with Gasteiger partial charge in [-0.25, -0.2) is 9.34 Å². The van der Waals surface area contributed by atoms with E-state index in [0.717, 1.165) is 52.4 Å². The Morgan fingerprint density at radius 2 is 1.79 bits per heavy atom. The minimum absolute atomic E-state index is 0.590. The zero-order valence-corrected chi connectivity index (χ0v) is 12.1. The Hall–Kier alpha value is -0.510. The number of nitrogens with zero attached hydrogens (tertiary/aromatic N) is 2. The van der Waals surface area contributed by atoms with Crippen LogP contribution in [0.2, 0.25) is 0 Å². The fraction of sp³-hybridized carbons (Fsp3) is 0.571. The Balaban J connectivity index is 1.66. The average Bonchev–Trinajstić information content (AvgIpc) is 2.50. The van der Waals surface area contributed by atoms with Crippen molar-refractivity contribution in [2.45, 2.75) is 13.0 Å². The highest BCUT2D eigenvalue weighted by Gasteiger charge is 2.31. The third kappa shape index (κ3) is 3.53. The van der Waals surface area contributed by atoms with E-state index in [4.69, 9.17) is 9.26 Å². The van der Waals surface area contributed by atoms with Crippen LogP contribution in [-0.4, -0.2) is 48.8 Å². The van der Waals surface area contributed by atoms with Gasteiger partial charge in [0.2, 0.25) is 0 Å². The zero-order valence-electron chi connectivity index (χ0n) is 11.2. The summed E-state index contributed by atoms with van der Waals surface area (Å²) in [5.74, 6) is 0. The van der Waals surface area contributed by atoms with Gasteiger partial charge in [-0.2, -0.15) is 0 Å². The molecule has 0 radical (unpaired) electrons. The molecule has 0 bridgehead atoms. The molecule has 0 spiro atoms. The van der Waals surface area contributed by atoms with Gasteiger partial charge >= 0.3 is 0 Å². The minimum Gasteiger partial charge on any atom is -0.379 e. The molecule has 0 saturated carbocycles. The van der Waals surface area contributed by atoms with Crippen LogP contribution in [0.5, 0.6) is 0 Å². The second kappa shape index (κ2) is 6.78. The normalized spacial score (nSPS) is 26.4. The van der Waals surface area contributed by atoms with Crippen LogP contribution in [0.3, 0.4) is 0 Å². The molecule has 2 saturated heterocycles. The average molecular weight is 280 g/mol. The monoisotopic (exact) mass is 280 g/mol. The second-order valence-electron chi connectivity index (χ2n) is 4.88. The Morgan fingerprint density at radius 1 is 1.00 bits per heavy atom. The molecule has 0 aromatic heterocycles. The van der Waals surface area contributed by atoms with Crippen LogP contribution in [0.4, 0.5) is 0 Å². The Kier molecular flexibility index (Phi) is 4.81. The quantitative estimate of drug-likeness (QED) is 0.794. The van der Waals surface area contributed by atoms with Gasteiger partial charge in [-0.15, -0.1) is 0 Å². The SMILES string of the molecule is c1ccc(CN2CCCOP2N2CCOCC2)cc1. The van der Waals surface area contributed by atoms with Crippen LogP contribution < -0.4 is 0 Å². The molecule has 4 nitrogen and oxygen atoms in total. The molecular formula is C14H21N2O2P. The highest BCUT2D eigenvalue weighted by molar-refractivity contribution is 7.47. The number of benzene rings is 1. The van der Waals surface area contributed by atoms with Gasteiger partial charge in [-0.3, -0.25) is 0 Å². The molecule has 1 unspecified atom stereocenters. The highest BCUT2D eigenvalue weighted by atomic mass is 31.2. The molecule has 104 valence electrons. The highest BCUT2D eigenvalue weighted by Crippen LogP contribution is 2.48.